The van der Waals surface area contributed by atoms with Crippen LogP contribution in [-0.4, -0.2) is 22.6 Å². The molecule has 0 atom stereocenters. The smallest absolute Gasteiger partial charge is 0.0989 e. The van der Waals surface area contributed by atoms with Gasteiger partial charge in [0.05, 0.1) is 29.1 Å². The van der Waals surface area contributed by atoms with E-state index in [0.29, 0.717) is 0 Å². The Morgan fingerprint density at radius 1 is 1.15 bits per heavy atom. The molecule has 0 spiro atoms. The lowest BCUT2D eigenvalue weighted by Crippen LogP contribution is -2.33. The number of halogens is 1. The summed E-state index contributed by atoms with van der Waals surface area (Å²) in [6, 6.07) is 4.65. The summed E-state index contributed by atoms with van der Waals surface area (Å²) >= 11 is 5.27. The zero-order valence-electron chi connectivity index (χ0n) is 16.8. The van der Waals surface area contributed by atoms with Gasteiger partial charge in [0.1, 0.15) is 0 Å². The zero-order valence-corrected chi connectivity index (χ0v) is 19.2. The summed E-state index contributed by atoms with van der Waals surface area (Å²) in [4.78, 5) is 9.51. The second kappa shape index (κ2) is 8.27. The summed E-state index contributed by atoms with van der Waals surface area (Å²) in [6.45, 7) is 11.8. The van der Waals surface area contributed by atoms with E-state index in [1.165, 1.54) is 28.0 Å². The molecule has 3 nitrogen and oxygen atoms in total. The molecule has 0 fully saturated rings. The lowest BCUT2D eigenvalue weighted by molar-refractivity contribution is 0.577. The molecule has 2 heterocycles. The van der Waals surface area contributed by atoms with Gasteiger partial charge in [0.2, 0.25) is 0 Å². The molecule has 1 aliphatic heterocycles. The molecule has 1 aliphatic rings. The standard InChI is InChI=1S/C22H28BrN3S/c1-14-9-17(15(2)8-16(14)6-7-23)10-21-26-19(13-27-21)18-11-25-20(12-24-18)22(3,4)5/h8-9,11,13,24H,6-7,10,12H2,1-5H3. The van der Waals surface area contributed by atoms with Crippen LogP contribution in [0.15, 0.2) is 28.7 Å². The van der Waals surface area contributed by atoms with Gasteiger partial charge in [-0.25, -0.2) is 4.98 Å². The van der Waals surface area contributed by atoms with Crippen LogP contribution >= 0.6 is 27.3 Å². The molecular formula is C22H28BrN3S. The number of rotatable bonds is 5. The van der Waals surface area contributed by atoms with Crippen LogP contribution in [0.5, 0.6) is 0 Å². The Balaban J connectivity index is 1.77. The monoisotopic (exact) mass is 445 g/mol. The maximum absolute atomic E-state index is 4.86. The van der Waals surface area contributed by atoms with Gasteiger partial charge in [0, 0.05) is 28.3 Å². The minimum absolute atomic E-state index is 0.0959. The van der Waals surface area contributed by atoms with Crippen molar-refractivity contribution in [2.75, 3.05) is 11.9 Å². The highest BCUT2D eigenvalue weighted by Gasteiger charge is 2.21. The third-order valence-electron chi connectivity index (χ3n) is 4.99. The van der Waals surface area contributed by atoms with Crippen molar-refractivity contribution >= 4 is 38.7 Å². The zero-order chi connectivity index (χ0) is 19.6. The average Bonchev–Trinajstić information content (AvgIpc) is 3.07. The second-order valence-corrected chi connectivity index (χ2v) is 9.91. The first kappa shape index (κ1) is 20.3. The van der Waals surface area contributed by atoms with Crippen molar-refractivity contribution in [3.05, 3.63) is 56.7 Å². The van der Waals surface area contributed by atoms with E-state index in [9.17, 15) is 0 Å². The summed E-state index contributed by atoms with van der Waals surface area (Å²) in [5, 5.41) is 7.76. The molecule has 2 aromatic rings. The normalized spacial score (nSPS) is 14.6. The van der Waals surface area contributed by atoms with Crippen LogP contribution in [0.4, 0.5) is 0 Å². The van der Waals surface area contributed by atoms with Gasteiger partial charge in [-0.05, 0) is 42.5 Å². The van der Waals surface area contributed by atoms with Crippen molar-refractivity contribution in [1.29, 1.82) is 0 Å². The lowest BCUT2D eigenvalue weighted by atomic mass is 9.89. The summed E-state index contributed by atoms with van der Waals surface area (Å²) in [5.41, 5.74) is 8.80. The highest BCUT2D eigenvalue weighted by molar-refractivity contribution is 9.09. The number of nitrogens with zero attached hydrogens (tertiary/aromatic N) is 2. The Hall–Kier alpha value is -1.46. The minimum atomic E-state index is 0.0959. The summed E-state index contributed by atoms with van der Waals surface area (Å²) in [6.07, 6.45) is 3.88. The fourth-order valence-corrected chi connectivity index (χ4v) is 4.45. The van der Waals surface area contributed by atoms with Crippen molar-refractivity contribution < 1.29 is 0 Å². The molecule has 0 saturated carbocycles. The quantitative estimate of drug-likeness (QED) is 0.601. The molecule has 5 heteroatoms. The van der Waals surface area contributed by atoms with Gasteiger partial charge in [-0.2, -0.15) is 0 Å². The molecule has 1 aromatic carbocycles. The number of hydrogen-bond donors (Lipinski definition) is 1. The van der Waals surface area contributed by atoms with Crippen LogP contribution in [0.2, 0.25) is 0 Å². The highest BCUT2D eigenvalue weighted by atomic mass is 79.9. The first-order chi connectivity index (χ1) is 12.8. The van der Waals surface area contributed by atoms with Crippen molar-refractivity contribution in [3.8, 4) is 0 Å². The van der Waals surface area contributed by atoms with Crippen LogP contribution in [0.25, 0.3) is 5.70 Å². The first-order valence-corrected chi connectivity index (χ1v) is 11.4. The Labute approximate surface area is 175 Å². The third-order valence-corrected chi connectivity index (χ3v) is 6.23. The molecule has 1 N–H and O–H groups in total. The summed E-state index contributed by atoms with van der Waals surface area (Å²) in [7, 11) is 0. The fourth-order valence-electron chi connectivity index (χ4n) is 3.20. The third kappa shape index (κ3) is 4.88. The summed E-state index contributed by atoms with van der Waals surface area (Å²) < 4.78 is 0. The van der Waals surface area contributed by atoms with Gasteiger partial charge >= 0.3 is 0 Å². The van der Waals surface area contributed by atoms with Crippen LogP contribution < -0.4 is 5.32 Å². The molecule has 3 rings (SSSR count). The van der Waals surface area contributed by atoms with Crippen molar-refractivity contribution in [2.24, 2.45) is 10.4 Å². The predicted octanol–water partition coefficient (Wildman–Crippen LogP) is 5.68. The number of benzene rings is 1. The Kier molecular flexibility index (Phi) is 6.21. The molecule has 0 unspecified atom stereocenters. The van der Waals surface area contributed by atoms with Crippen LogP contribution in [-0.2, 0) is 12.8 Å². The van der Waals surface area contributed by atoms with E-state index in [-0.39, 0.29) is 5.41 Å². The first-order valence-electron chi connectivity index (χ1n) is 9.39. The molecular weight excluding hydrogens is 418 g/mol. The molecule has 144 valence electrons. The topological polar surface area (TPSA) is 37.3 Å². The molecule has 0 radical (unpaired) electrons. The van der Waals surface area contributed by atoms with Gasteiger partial charge < -0.3 is 5.32 Å². The number of aryl methyl sites for hydroxylation is 3. The van der Waals surface area contributed by atoms with E-state index < -0.39 is 0 Å². The number of aromatic nitrogens is 1. The van der Waals surface area contributed by atoms with Crippen LogP contribution in [0.1, 0.15) is 53.7 Å². The van der Waals surface area contributed by atoms with Crippen molar-refractivity contribution in [1.82, 2.24) is 10.3 Å². The van der Waals surface area contributed by atoms with Crippen molar-refractivity contribution in [3.63, 3.8) is 0 Å². The molecule has 0 bridgehead atoms. The van der Waals surface area contributed by atoms with Crippen LogP contribution in [0, 0.1) is 19.3 Å². The number of alkyl halides is 1. The molecule has 1 aromatic heterocycles. The van der Waals surface area contributed by atoms with E-state index in [1.807, 2.05) is 6.20 Å². The van der Waals surface area contributed by atoms with E-state index in [0.717, 1.165) is 41.1 Å². The van der Waals surface area contributed by atoms with Gasteiger partial charge in [-0.3, -0.25) is 4.99 Å². The Morgan fingerprint density at radius 2 is 1.85 bits per heavy atom. The second-order valence-electron chi connectivity index (χ2n) is 8.17. The molecule has 0 saturated heterocycles. The van der Waals surface area contributed by atoms with E-state index >= 15 is 0 Å². The fraction of sp³-hybridized carbons (Fsp3) is 0.455. The van der Waals surface area contributed by atoms with E-state index in [4.69, 9.17) is 4.98 Å². The van der Waals surface area contributed by atoms with Gasteiger partial charge in [0.15, 0.2) is 0 Å². The minimum Gasteiger partial charge on any atom is -0.377 e. The number of aliphatic imine (C=N–C) groups is 1. The summed E-state index contributed by atoms with van der Waals surface area (Å²) in [5.74, 6) is 0. The van der Waals surface area contributed by atoms with Gasteiger partial charge in [-0.1, -0.05) is 48.8 Å². The van der Waals surface area contributed by atoms with Gasteiger partial charge in [0.25, 0.3) is 0 Å². The van der Waals surface area contributed by atoms with E-state index in [1.54, 1.807) is 11.3 Å². The lowest BCUT2D eigenvalue weighted by Gasteiger charge is -2.25. The Morgan fingerprint density at radius 3 is 2.48 bits per heavy atom. The molecule has 0 aliphatic carbocycles. The largest absolute Gasteiger partial charge is 0.377 e. The van der Waals surface area contributed by atoms with E-state index in [2.05, 4.69) is 78.4 Å². The number of nitrogens with one attached hydrogen (secondary N) is 1. The van der Waals surface area contributed by atoms with Crippen LogP contribution in [0.3, 0.4) is 0 Å². The molecule has 27 heavy (non-hydrogen) atoms. The van der Waals surface area contributed by atoms with Gasteiger partial charge in [-0.15, -0.1) is 11.3 Å². The average molecular weight is 446 g/mol. The molecule has 0 amide bonds. The number of hydrogen-bond acceptors (Lipinski definition) is 4. The maximum Gasteiger partial charge on any atom is 0.0989 e. The predicted molar refractivity (Wildman–Crippen MR) is 121 cm³/mol. The highest BCUT2D eigenvalue weighted by Crippen LogP contribution is 2.25. The number of thiazole rings is 1. The maximum atomic E-state index is 4.86. The Bertz CT molecular complexity index is 887. The SMILES string of the molecule is Cc1cc(Cc2nc(C3=CN=C(C(C)(C)C)CN3)cs2)c(C)cc1CCBr. The van der Waals surface area contributed by atoms with Crippen molar-refractivity contribution in [2.45, 2.75) is 47.5 Å².